The summed E-state index contributed by atoms with van der Waals surface area (Å²) in [7, 11) is 0. The number of carbonyl (C=O) groups is 1. The molecule has 0 bridgehead atoms. The lowest BCUT2D eigenvalue weighted by Gasteiger charge is -2.25. The van der Waals surface area contributed by atoms with Gasteiger partial charge in [0.15, 0.2) is 11.6 Å². The van der Waals surface area contributed by atoms with Crippen LogP contribution in [0.3, 0.4) is 0 Å². The maximum atomic E-state index is 13.1. The zero-order valence-electron chi connectivity index (χ0n) is 18.3. The number of hydrogen-bond donors (Lipinski definition) is 1. The summed E-state index contributed by atoms with van der Waals surface area (Å²) in [5.74, 6) is -0.0529. The first-order valence-corrected chi connectivity index (χ1v) is 10.6. The van der Waals surface area contributed by atoms with Gasteiger partial charge in [0.1, 0.15) is 12.3 Å². The number of benzene rings is 2. The molecule has 1 aliphatic carbocycles. The molecule has 6 nitrogen and oxygen atoms in total. The fraction of sp³-hybridized carbons (Fsp3) is 0.375. The Hall–Kier alpha value is -3.36. The molecule has 1 heterocycles. The minimum Gasteiger partial charge on any atom is -0.507 e. The highest BCUT2D eigenvalue weighted by Gasteiger charge is 2.34. The smallest absolute Gasteiger partial charge is 0.416 e. The predicted molar refractivity (Wildman–Crippen MR) is 116 cm³/mol. The van der Waals surface area contributed by atoms with Gasteiger partial charge < -0.3 is 5.11 Å². The number of phenolic OH excluding ortho intramolecular Hbond substituents is 1. The third-order valence-electron chi connectivity index (χ3n) is 5.86. The Labute approximate surface area is 188 Å². The SMILES string of the molecule is CC(C)(CC(=O)Cn1nc(-c2ccccc2O)n(C2CC2)c1=O)c1cccc(C(F)(F)F)c1. The maximum Gasteiger partial charge on any atom is 0.416 e. The van der Waals surface area contributed by atoms with E-state index in [1.165, 1.54) is 16.7 Å². The van der Waals surface area contributed by atoms with Gasteiger partial charge in [-0.25, -0.2) is 9.48 Å². The third kappa shape index (κ3) is 4.72. The van der Waals surface area contributed by atoms with Crippen molar-refractivity contribution in [2.24, 2.45) is 0 Å². The second kappa shape index (κ2) is 8.20. The molecule has 2 aromatic carbocycles. The zero-order valence-corrected chi connectivity index (χ0v) is 18.3. The van der Waals surface area contributed by atoms with Crippen molar-refractivity contribution in [3.05, 3.63) is 70.1 Å². The molecule has 33 heavy (non-hydrogen) atoms. The molecule has 4 rings (SSSR count). The summed E-state index contributed by atoms with van der Waals surface area (Å²) in [6.07, 6.45) is -2.92. The predicted octanol–water partition coefficient (Wildman–Crippen LogP) is 4.71. The first-order chi connectivity index (χ1) is 15.5. The Kier molecular flexibility index (Phi) is 5.67. The van der Waals surface area contributed by atoms with Crippen LogP contribution in [0.15, 0.2) is 53.3 Å². The summed E-state index contributed by atoms with van der Waals surface area (Å²) in [6, 6.07) is 11.4. The van der Waals surface area contributed by atoms with E-state index in [9.17, 15) is 27.9 Å². The summed E-state index contributed by atoms with van der Waals surface area (Å²) in [5.41, 5.74) is -1.30. The van der Waals surface area contributed by atoms with E-state index in [1.54, 1.807) is 38.1 Å². The van der Waals surface area contributed by atoms with E-state index in [4.69, 9.17) is 0 Å². The second-order valence-electron chi connectivity index (χ2n) is 9.06. The van der Waals surface area contributed by atoms with Crippen molar-refractivity contribution < 1.29 is 23.1 Å². The molecule has 0 atom stereocenters. The van der Waals surface area contributed by atoms with E-state index in [0.717, 1.165) is 29.7 Å². The Bertz CT molecular complexity index is 1250. The average Bonchev–Trinajstić information content (AvgIpc) is 3.52. The molecule has 0 amide bonds. The largest absolute Gasteiger partial charge is 0.507 e. The molecule has 0 spiro atoms. The van der Waals surface area contributed by atoms with Crippen LogP contribution >= 0.6 is 0 Å². The lowest BCUT2D eigenvalue weighted by Crippen LogP contribution is -2.30. The molecule has 1 aromatic heterocycles. The second-order valence-corrected chi connectivity index (χ2v) is 9.06. The molecule has 3 aromatic rings. The van der Waals surface area contributed by atoms with Gasteiger partial charge in [-0.05, 0) is 42.0 Å². The van der Waals surface area contributed by atoms with Gasteiger partial charge in [0.25, 0.3) is 0 Å². The van der Waals surface area contributed by atoms with Crippen LogP contribution in [0.1, 0.15) is 50.3 Å². The van der Waals surface area contributed by atoms with Gasteiger partial charge in [-0.1, -0.05) is 44.2 Å². The Morgan fingerprint density at radius 2 is 1.76 bits per heavy atom. The summed E-state index contributed by atoms with van der Waals surface area (Å²) in [4.78, 5) is 25.9. The van der Waals surface area contributed by atoms with Crippen molar-refractivity contribution >= 4 is 5.78 Å². The molecule has 9 heteroatoms. The Balaban J connectivity index is 1.59. The number of aromatic nitrogens is 3. The first kappa shape index (κ1) is 22.8. The van der Waals surface area contributed by atoms with Gasteiger partial charge in [0.05, 0.1) is 11.1 Å². The number of carbonyl (C=O) groups excluding carboxylic acids is 1. The minimum atomic E-state index is -4.47. The van der Waals surface area contributed by atoms with Gasteiger partial charge in [0.2, 0.25) is 0 Å². The van der Waals surface area contributed by atoms with Crippen LogP contribution in [0.5, 0.6) is 5.75 Å². The highest BCUT2D eigenvalue weighted by atomic mass is 19.4. The van der Waals surface area contributed by atoms with Crippen LogP contribution in [0.2, 0.25) is 0 Å². The van der Waals surface area contributed by atoms with Crippen LogP contribution in [-0.2, 0) is 22.9 Å². The number of nitrogens with zero attached hydrogens (tertiary/aromatic N) is 3. The van der Waals surface area contributed by atoms with Crippen molar-refractivity contribution in [1.29, 1.82) is 0 Å². The van der Waals surface area contributed by atoms with Crippen molar-refractivity contribution in [3.63, 3.8) is 0 Å². The van der Waals surface area contributed by atoms with Crippen molar-refractivity contribution in [3.8, 4) is 17.1 Å². The molecule has 0 unspecified atom stereocenters. The number of aromatic hydroxyl groups is 1. The molecule has 0 saturated heterocycles. The summed E-state index contributed by atoms with van der Waals surface area (Å²) >= 11 is 0. The number of ketones is 1. The number of phenols is 1. The third-order valence-corrected chi connectivity index (χ3v) is 5.86. The topological polar surface area (TPSA) is 77.1 Å². The van der Waals surface area contributed by atoms with E-state index in [-0.39, 0.29) is 30.5 Å². The summed E-state index contributed by atoms with van der Waals surface area (Å²) in [6.45, 7) is 3.08. The standard InChI is InChI=1S/C24H24F3N3O3/c1-23(2,15-6-5-7-16(12-15)24(25,26)27)13-18(31)14-29-22(33)30(17-10-11-17)21(28-29)19-8-3-4-9-20(19)32/h3-9,12,17,32H,10-11,13-14H2,1-2H3. The minimum absolute atomic E-state index is 0.0199. The van der Waals surface area contributed by atoms with Crippen LogP contribution in [0.4, 0.5) is 13.2 Å². The number of para-hydroxylation sites is 1. The van der Waals surface area contributed by atoms with Crippen molar-refractivity contribution in [1.82, 2.24) is 14.3 Å². The fourth-order valence-electron chi connectivity index (χ4n) is 3.97. The average molecular weight is 459 g/mol. The van der Waals surface area contributed by atoms with E-state index in [2.05, 4.69) is 5.10 Å². The van der Waals surface area contributed by atoms with Gasteiger partial charge in [0, 0.05) is 12.5 Å². The number of halogens is 3. The van der Waals surface area contributed by atoms with Crippen molar-refractivity contribution in [2.45, 2.75) is 57.3 Å². The molecular formula is C24H24F3N3O3. The monoisotopic (exact) mass is 459 g/mol. The molecule has 1 aliphatic rings. The van der Waals surface area contributed by atoms with Crippen molar-refractivity contribution in [2.75, 3.05) is 0 Å². The Morgan fingerprint density at radius 1 is 1.09 bits per heavy atom. The van der Waals surface area contributed by atoms with Gasteiger partial charge in [-0.15, -0.1) is 5.10 Å². The van der Waals surface area contributed by atoms with Crippen LogP contribution in [0, 0.1) is 0 Å². The van der Waals surface area contributed by atoms with Crippen LogP contribution in [-0.4, -0.2) is 25.2 Å². The fourth-order valence-corrected chi connectivity index (χ4v) is 3.97. The van der Waals surface area contributed by atoms with Crippen LogP contribution in [0.25, 0.3) is 11.4 Å². The van der Waals surface area contributed by atoms with E-state index in [0.29, 0.717) is 17.0 Å². The van der Waals surface area contributed by atoms with Gasteiger partial charge >= 0.3 is 11.9 Å². The molecule has 174 valence electrons. The van der Waals surface area contributed by atoms with E-state index >= 15 is 0 Å². The highest BCUT2D eigenvalue weighted by Crippen LogP contribution is 2.38. The van der Waals surface area contributed by atoms with E-state index in [1.807, 2.05) is 0 Å². The van der Waals surface area contributed by atoms with Crippen LogP contribution < -0.4 is 5.69 Å². The lowest BCUT2D eigenvalue weighted by atomic mass is 9.79. The molecule has 1 N–H and O–H groups in total. The van der Waals surface area contributed by atoms with Gasteiger partial charge in [-0.2, -0.15) is 13.2 Å². The molecule has 0 aliphatic heterocycles. The molecule has 1 saturated carbocycles. The number of rotatable bonds is 7. The molecular weight excluding hydrogens is 435 g/mol. The maximum absolute atomic E-state index is 13.1. The zero-order chi connectivity index (χ0) is 24.0. The Morgan fingerprint density at radius 3 is 2.39 bits per heavy atom. The summed E-state index contributed by atoms with van der Waals surface area (Å²) in [5, 5.41) is 14.5. The molecule has 0 radical (unpaired) electrons. The normalized spacial score (nSPS) is 14.5. The number of Topliss-reactive ketones (excluding diaryl/α,β-unsaturated/α-hetero) is 1. The first-order valence-electron chi connectivity index (χ1n) is 10.6. The lowest BCUT2D eigenvalue weighted by molar-refractivity contribution is -0.137. The quantitative estimate of drug-likeness (QED) is 0.555. The highest BCUT2D eigenvalue weighted by molar-refractivity contribution is 5.79. The molecule has 1 fully saturated rings. The van der Waals surface area contributed by atoms with E-state index < -0.39 is 22.8 Å². The summed E-state index contributed by atoms with van der Waals surface area (Å²) < 4.78 is 41.9. The van der Waals surface area contributed by atoms with Gasteiger partial charge in [-0.3, -0.25) is 9.36 Å². The number of alkyl halides is 3. The number of hydrogen-bond acceptors (Lipinski definition) is 4.